The van der Waals surface area contributed by atoms with E-state index >= 15 is 0 Å². The van der Waals surface area contributed by atoms with Crippen LogP contribution in [0.5, 0.6) is 0 Å². The summed E-state index contributed by atoms with van der Waals surface area (Å²) in [6.45, 7) is 10.4. The van der Waals surface area contributed by atoms with Gasteiger partial charge in [0, 0.05) is 12.6 Å². The Labute approximate surface area is 95.2 Å². The molecule has 0 aromatic heterocycles. The monoisotopic (exact) mass is 212 g/mol. The first-order valence-corrected chi connectivity index (χ1v) is 6.65. The Morgan fingerprint density at radius 2 is 2.07 bits per heavy atom. The van der Waals surface area contributed by atoms with E-state index in [0.717, 1.165) is 24.4 Å². The van der Waals surface area contributed by atoms with Gasteiger partial charge in [0.05, 0.1) is 0 Å². The van der Waals surface area contributed by atoms with E-state index in [4.69, 9.17) is 5.73 Å². The molecule has 2 N–H and O–H groups in total. The number of nitrogens with two attached hydrogens (primary N) is 1. The van der Waals surface area contributed by atoms with Crippen LogP contribution in [0.2, 0.25) is 0 Å². The minimum Gasteiger partial charge on any atom is -0.330 e. The van der Waals surface area contributed by atoms with Crippen molar-refractivity contribution in [1.82, 2.24) is 4.90 Å². The van der Waals surface area contributed by atoms with Crippen LogP contribution in [0.25, 0.3) is 0 Å². The molecule has 1 heterocycles. The molecule has 15 heavy (non-hydrogen) atoms. The molecule has 0 radical (unpaired) electrons. The van der Waals surface area contributed by atoms with E-state index in [9.17, 15) is 0 Å². The fourth-order valence-corrected chi connectivity index (χ4v) is 2.59. The van der Waals surface area contributed by atoms with Gasteiger partial charge in [-0.1, -0.05) is 27.2 Å². The highest BCUT2D eigenvalue weighted by atomic mass is 15.2. The van der Waals surface area contributed by atoms with Gasteiger partial charge in [-0.05, 0) is 44.2 Å². The summed E-state index contributed by atoms with van der Waals surface area (Å²) in [4.78, 5) is 2.67. The minimum absolute atomic E-state index is 0.760. The van der Waals surface area contributed by atoms with Crippen molar-refractivity contribution in [2.75, 3.05) is 19.6 Å². The van der Waals surface area contributed by atoms with Crippen LogP contribution in [0.3, 0.4) is 0 Å². The first-order chi connectivity index (χ1) is 7.21. The maximum Gasteiger partial charge on any atom is 0.00952 e. The fourth-order valence-electron chi connectivity index (χ4n) is 2.59. The first-order valence-electron chi connectivity index (χ1n) is 6.65. The van der Waals surface area contributed by atoms with E-state index in [0.29, 0.717) is 0 Å². The second-order valence-corrected chi connectivity index (χ2v) is 5.20. The van der Waals surface area contributed by atoms with Gasteiger partial charge >= 0.3 is 0 Å². The smallest absolute Gasteiger partial charge is 0.00952 e. The maximum absolute atomic E-state index is 5.74. The van der Waals surface area contributed by atoms with E-state index in [1.165, 1.54) is 38.8 Å². The molecule has 2 heteroatoms. The van der Waals surface area contributed by atoms with Crippen molar-refractivity contribution >= 4 is 0 Å². The largest absolute Gasteiger partial charge is 0.330 e. The molecule has 90 valence electrons. The number of likely N-dealkylation sites (tertiary alicyclic amines) is 1. The predicted molar refractivity (Wildman–Crippen MR) is 66.9 cm³/mol. The van der Waals surface area contributed by atoms with Gasteiger partial charge in [-0.2, -0.15) is 0 Å². The van der Waals surface area contributed by atoms with Crippen molar-refractivity contribution < 1.29 is 0 Å². The molecule has 0 aromatic carbocycles. The first kappa shape index (κ1) is 13.0. The van der Waals surface area contributed by atoms with Crippen LogP contribution in [0.15, 0.2) is 0 Å². The molecule has 3 atom stereocenters. The maximum atomic E-state index is 5.74. The van der Waals surface area contributed by atoms with E-state index in [1.54, 1.807) is 0 Å². The van der Waals surface area contributed by atoms with Crippen LogP contribution >= 0.6 is 0 Å². The summed E-state index contributed by atoms with van der Waals surface area (Å²) in [5.74, 6) is 1.63. The molecule has 1 fully saturated rings. The minimum atomic E-state index is 0.760. The molecule has 0 saturated carbocycles. The molecule has 2 nitrogen and oxygen atoms in total. The predicted octanol–water partition coefficient (Wildman–Crippen LogP) is 2.48. The summed E-state index contributed by atoms with van der Waals surface area (Å²) in [5.41, 5.74) is 5.74. The average Bonchev–Trinajstić information content (AvgIpc) is 2.73. The highest BCUT2D eigenvalue weighted by molar-refractivity contribution is 4.82. The van der Waals surface area contributed by atoms with Crippen LogP contribution in [0, 0.1) is 11.8 Å². The molecule has 3 unspecified atom stereocenters. The zero-order valence-electron chi connectivity index (χ0n) is 10.7. The normalized spacial score (nSPS) is 26.8. The highest BCUT2D eigenvalue weighted by Gasteiger charge is 2.26. The van der Waals surface area contributed by atoms with Crippen molar-refractivity contribution in [3.8, 4) is 0 Å². The average molecular weight is 212 g/mol. The van der Waals surface area contributed by atoms with Gasteiger partial charge in [0.1, 0.15) is 0 Å². The Hall–Kier alpha value is -0.0800. The van der Waals surface area contributed by atoms with Crippen LogP contribution in [0.1, 0.15) is 46.5 Å². The molecule has 1 aliphatic rings. The molecule has 0 aromatic rings. The lowest BCUT2D eigenvalue weighted by atomic mass is 9.97. The molecule has 1 aliphatic heterocycles. The van der Waals surface area contributed by atoms with E-state index in [-0.39, 0.29) is 0 Å². The van der Waals surface area contributed by atoms with Gasteiger partial charge in [0.25, 0.3) is 0 Å². The Balaban J connectivity index is 2.38. The van der Waals surface area contributed by atoms with Crippen molar-refractivity contribution in [3.63, 3.8) is 0 Å². The Bertz CT molecular complexity index is 170. The lowest BCUT2D eigenvalue weighted by Gasteiger charge is -2.29. The Morgan fingerprint density at radius 1 is 1.33 bits per heavy atom. The number of nitrogens with zero attached hydrogens (tertiary/aromatic N) is 1. The zero-order chi connectivity index (χ0) is 11.3. The van der Waals surface area contributed by atoms with Gasteiger partial charge < -0.3 is 10.6 Å². The molecule has 1 rings (SSSR count). The summed E-state index contributed by atoms with van der Waals surface area (Å²) in [6, 6.07) is 0.802. The van der Waals surface area contributed by atoms with Crippen molar-refractivity contribution in [3.05, 3.63) is 0 Å². The summed E-state index contributed by atoms with van der Waals surface area (Å²) < 4.78 is 0. The van der Waals surface area contributed by atoms with Crippen molar-refractivity contribution in [2.24, 2.45) is 17.6 Å². The van der Waals surface area contributed by atoms with Crippen LogP contribution in [-0.4, -0.2) is 30.6 Å². The third-order valence-corrected chi connectivity index (χ3v) is 4.01. The standard InChI is InChI=1S/C13H28N2/c1-4-11(3)8-13(5-2)15-7-6-12(9-14)10-15/h11-13H,4-10,14H2,1-3H3. The second kappa shape index (κ2) is 6.49. The fraction of sp³-hybridized carbons (Fsp3) is 1.00. The number of hydrogen-bond donors (Lipinski definition) is 1. The van der Waals surface area contributed by atoms with Gasteiger partial charge in [0.2, 0.25) is 0 Å². The van der Waals surface area contributed by atoms with Gasteiger partial charge in [-0.25, -0.2) is 0 Å². The van der Waals surface area contributed by atoms with Gasteiger partial charge in [-0.15, -0.1) is 0 Å². The summed E-state index contributed by atoms with van der Waals surface area (Å²) in [5, 5.41) is 0. The van der Waals surface area contributed by atoms with E-state index in [2.05, 4.69) is 25.7 Å². The van der Waals surface area contributed by atoms with Crippen LogP contribution < -0.4 is 5.73 Å². The molecule has 1 saturated heterocycles. The molecule has 0 amide bonds. The lowest BCUT2D eigenvalue weighted by molar-refractivity contribution is 0.195. The SMILES string of the molecule is CCC(C)CC(CC)N1CCC(CN)C1. The lowest BCUT2D eigenvalue weighted by Crippen LogP contribution is -2.34. The molecule has 0 aliphatic carbocycles. The van der Waals surface area contributed by atoms with Crippen LogP contribution in [0.4, 0.5) is 0 Å². The summed E-state index contributed by atoms with van der Waals surface area (Å²) in [7, 11) is 0. The third kappa shape index (κ3) is 3.76. The Kier molecular flexibility index (Phi) is 5.62. The molecule has 0 bridgehead atoms. The number of hydrogen-bond acceptors (Lipinski definition) is 2. The summed E-state index contributed by atoms with van der Waals surface area (Å²) >= 11 is 0. The van der Waals surface area contributed by atoms with Crippen molar-refractivity contribution in [1.29, 1.82) is 0 Å². The van der Waals surface area contributed by atoms with Gasteiger partial charge in [-0.3, -0.25) is 0 Å². The molecular weight excluding hydrogens is 184 g/mol. The third-order valence-electron chi connectivity index (χ3n) is 4.01. The summed E-state index contributed by atoms with van der Waals surface area (Å²) in [6.07, 6.45) is 5.28. The Morgan fingerprint density at radius 3 is 2.53 bits per heavy atom. The van der Waals surface area contributed by atoms with E-state index < -0.39 is 0 Å². The molecular formula is C13H28N2. The topological polar surface area (TPSA) is 29.3 Å². The highest BCUT2D eigenvalue weighted by Crippen LogP contribution is 2.23. The van der Waals surface area contributed by atoms with Crippen LogP contribution in [-0.2, 0) is 0 Å². The number of rotatable bonds is 6. The molecule has 0 spiro atoms. The zero-order valence-corrected chi connectivity index (χ0v) is 10.7. The quantitative estimate of drug-likeness (QED) is 0.733. The van der Waals surface area contributed by atoms with Crippen molar-refractivity contribution in [2.45, 2.75) is 52.5 Å². The van der Waals surface area contributed by atoms with Gasteiger partial charge in [0.15, 0.2) is 0 Å². The van der Waals surface area contributed by atoms with E-state index in [1.807, 2.05) is 0 Å². The second-order valence-electron chi connectivity index (χ2n) is 5.20.